The third kappa shape index (κ3) is 9.79. The first kappa shape index (κ1) is 40.7. The number of halogens is 6. The van der Waals surface area contributed by atoms with Crippen LogP contribution in [-0.4, -0.2) is 70.2 Å². The summed E-state index contributed by atoms with van der Waals surface area (Å²) < 4.78 is 93.0. The predicted molar refractivity (Wildman–Crippen MR) is 166 cm³/mol. The van der Waals surface area contributed by atoms with Gasteiger partial charge < -0.3 is 20.9 Å². The van der Waals surface area contributed by atoms with Crippen molar-refractivity contribution in [3.8, 4) is 0 Å². The molecule has 272 valence electrons. The Bertz CT molecular complexity index is 1460. The van der Waals surface area contributed by atoms with Gasteiger partial charge in [0.1, 0.15) is 34.9 Å². The van der Waals surface area contributed by atoms with Crippen molar-refractivity contribution in [3.05, 3.63) is 70.3 Å². The van der Waals surface area contributed by atoms with Gasteiger partial charge in [-0.2, -0.15) is 0 Å². The smallest absolute Gasteiger partial charge is 0.410 e. The molecular formula is C33H42F6N4O6. The zero-order valence-electron chi connectivity index (χ0n) is 27.2. The Morgan fingerprint density at radius 1 is 0.612 bits per heavy atom. The Balaban J connectivity index is 0.000000333. The third-order valence-corrected chi connectivity index (χ3v) is 7.49. The van der Waals surface area contributed by atoms with E-state index in [9.17, 15) is 45.5 Å². The molecular weight excluding hydrogens is 662 g/mol. The maximum atomic E-state index is 14.0. The highest BCUT2D eigenvalue weighted by Crippen LogP contribution is 2.37. The molecule has 2 aliphatic rings. The van der Waals surface area contributed by atoms with Gasteiger partial charge in [0.25, 0.3) is 0 Å². The molecule has 0 aromatic heterocycles. The molecule has 4 amide bonds. The number of likely N-dealkylation sites (tertiary alicyclic amines) is 2. The number of nitrogens with two attached hydrogens (primary N) is 2. The second kappa shape index (κ2) is 15.4. The molecule has 16 heteroatoms. The Kier molecular flexibility index (Phi) is 12.8. The van der Waals surface area contributed by atoms with Crippen LogP contribution >= 0.6 is 0 Å². The van der Waals surface area contributed by atoms with E-state index in [1.165, 1.54) is 0 Å². The van der Waals surface area contributed by atoms with Crippen LogP contribution in [0.1, 0.15) is 84.8 Å². The molecule has 2 aliphatic heterocycles. The molecule has 4 N–H and O–H groups in total. The summed E-state index contributed by atoms with van der Waals surface area (Å²) in [5.74, 6) is -10.3. The predicted octanol–water partition coefficient (Wildman–Crippen LogP) is 6.00. The molecule has 0 saturated carbocycles. The lowest BCUT2D eigenvalue weighted by Gasteiger charge is -2.27. The Hall–Kier alpha value is -4.50. The van der Waals surface area contributed by atoms with Gasteiger partial charge in [-0.05, 0) is 78.6 Å². The van der Waals surface area contributed by atoms with Crippen LogP contribution in [0.25, 0.3) is 0 Å². The van der Waals surface area contributed by atoms with Crippen molar-refractivity contribution in [2.45, 2.75) is 96.9 Å². The van der Waals surface area contributed by atoms with Crippen molar-refractivity contribution in [2.24, 2.45) is 11.5 Å². The minimum Gasteiger partial charge on any atom is -0.444 e. The van der Waals surface area contributed by atoms with Crippen LogP contribution in [0.15, 0.2) is 24.3 Å². The minimum atomic E-state index is -1.32. The number of benzene rings is 2. The summed E-state index contributed by atoms with van der Waals surface area (Å²) in [5.41, 5.74) is 7.96. The third-order valence-electron chi connectivity index (χ3n) is 7.49. The van der Waals surface area contributed by atoms with Crippen LogP contribution in [0.3, 0.4) is 0 Å². The highest BCUT2D eigenvalue weighted by Gasteiger charge is 2.44. The molecule has 0 spiro atoms. The van der Waals surface area contributed by atoms with Crippen LogP contribution in [0.2, 0.25) is 0 Å². The number of carbonyl (C=O) groups is 4. The summed E-state index contributed by atoms with van der Waals surface area (Å²) in [4.78, 5) is 49.7. The number of nitrogens with zero attached hydrogens (tertiary/aromatic N) is 2. The van der Waals surface area contributed by atoms with Gasteiger partial charge in [0, 0.05) is 36.1 Å². The van der Waals surface area contributed by atoms with E-state index in [-0.39, 0.29) is 33.4 Å². The molecule has 49 heavy (non-hydrogen) atoms. The zero-order valence-corrected chi connectivity index (χ0v) is 27.2. The number of primary amides is 2. The number of hydrogen-bond acceptors (Lipinski definition) is 6. The molecule has 2 aromatic rings. The fraction of sp³-hybridized carbons (Fsp3) is 0.515. The molecule has 2 saturated heterocycles. The van der Waals surface area contributed by atoms with Crippen LogP contribution in [0, 0.1) is 34.9 Å². The van der Waals surface area contributed by atoms with E-state index < -0.39 is 105 Å². The van der Waals surface area contributed by atoms with E-state index in [1.54, 1.807) is 41.5 Å². The molecule has 0 bridgehead atoms. The molecule has 2 fully saturated rings. The summed E-state index contributed by atoms with van der Waals surface area (Å²) in [7, 11) is 0. The number of hydrogen-bond donors (Lipinski definition) is 2. The largest absolute Gasteiger partial charge is 0.444 e. The van der Waals surface area contributed by atoms with Gasteiger partial charge >= 0.3 is 12.2 Å². The summed E-state index contributed by atoms with van der Waals surface area (Å²) in [5, 5.41) is 0. The average Bonchev–Trinajstić information content (AvgIpc) is 3.58. The first-order valence-electron chi connectivity index (χ1n) is 14.9. The van der Waals surface area contributed by atoms with Crippen molar-refractivity contribution in [3.63, 3.8) is 0 Å². The van der Waals surface area contributed by atoms with Crippen molar-refractivity contribution < 1.29 is 55.0 Å². The Morgan fingerprint density at radius 2 is 0.898 bits per heavy atom. The van der Waals surface area contributed by atoms with Crippen molar-refractivity contribution >= 4 is 24.0 Å². The quantitative estimate of drug-likeness (QED) is 0.295. The highest BCUT2D eigenvalue weighted by atomic mass is 19.2. The molecule has 4 rings (SSSR count). The van der Waals surface area contributed by atoms with Crippen molar-refractivity contribution in [2.75, 3.05) is 13.1 Å². The van der Waals surface area contributed by atoms with Crippen LogP contribution < -0.4 is 11.5 Å². The SMILES string of the molecule is C.CC(C)(C)OC(=O)N1C[C@@H](c2c(F)ccc(F)c2F)CC1C(N)=O.CC(C)(C)OC(=O)N1C[C@@H](c2c(F)ccc(F)c2F)CC1C(N)=O. The fourth-order valence-electron chi connectivity index (χ4n) is 5.51. The van der Waals surface area contributed by atoms with Crippen LogP contribution in [-0.2, 0) is 19.1 Å². The van der Waals surface area contributed by atoms with E-state index in [2.05, 4.69) is 0 Å². The monoisotopic (exact) mass is 704 g/mol. The standard InChI is InChI=1S/2C16H19F3N2O3.CH4/c2*1-16(2,3)24-15(23)21-7-8(6-11(21)14(20)22)12-9(17)4-5-10(18)13(12)19;/h2*4-5,8,11H,6-7H2,1-3H3,(H2,20,22);1H4/t2*8-,11?;/m00./s1. The maximum absolute atomic E-state index is 14.0. The highest BCUT2D eigenvalue weighted by molar-refractivity contribution is 5.86. The average molecular weight is 705 g/mol. The van der Waals surface area contributed by atoms with E-state index in [0.29, 0.717) is 12.1 Å². The van der Waals surface area contributed by atoms with Crippen molar-refractivity contribution in [1.29, 1.82) is 0 Å². The van der Waals surface area contributed by atoms with Crippen LogP contribution in [0.4, 0.5) is 35.9 Å². The van der Waals surface area contributed by atoms with Crippen molar-refractivity contribution in [1.82, 2.24) is 9.80 Å². The van der Waals surface area contributed by atoms with Gasteiger partial charge in [-0.3, -0.25) is 19.4 Å². The number of amides is 4. The van der Waals surface area contributed by atoms with Gasteiger partial charge in [-0.15, -0.1) is 0 Å². The first-order chi connectivity index (χ1) is 22.0. The van der Waals surface area contributed by atoms with Gasteiger partial charge in [0.2, 0.25) is 11.8 Å². The molecule has 2 aromatic carbocycles. The van der Waals surface area contributed by atoms with E-state index in [4.69, 9.17) is 20.9 Å². The van der Waals surface area contributed by atoms with E-state index in [1.807, 2.05) is 0 Å². The summed E-state index contributed by atoms with van der Waals surface area (Å²) in [6.45, 7) is 9.47. The summed E-state index contributed by atoms with van der Waals surface area (Å²) in [6, 6.07) is 0.825. The molecule has 2 heterocycles. The normalized spacial score (nSPS) is 20.6. The molecule has 0 radical (unpaired) electrons. The van der Waals surface area contributed by atoms with Gasteiger partial charge in [0.05, 0.1) is 0 Å². The first-order valence-corrected chi connectivity index (χ1v) is 14.9. The lowest BCUT2D eigenvalue weighted by Crippen LogP contribution is -2.45. The lowest BCUT2D eigenvalue weighted by atomic mass is 9.95. The minimum absolute atomic E-state index is 0. The fourth-order valence-corrected chi connectivity index (χ4v) is 5.51. The van der Waals surface area contributed by atoms with Gasteiger partial charge in [0.15, 0.2) is 23.3 Å². The Labute approximate surface area is 280 Å². The molecule has 0 aliphatic carbocycles. The summed E-state index contributed by atoms with van der Waals surface area (Å²) >= 11 is 0. The zero-order chi connectivity index (χ0) is 36.5. The second-order valence-corrected chi connectivity index (χ2v) is 13.5. The Morgan fingerprint density at radius 3 is 1.16 bits per heavy atom. The van der Waals surface area contributed by atoms with Gasteiger partial charge in [-0.25, -0.2) is 35.9 Å². The number of ether oxygens (including phenoxy) is 2. The topological polar surface area (TPSA) is 145 Å². The second-order valence-electron chi connectivity index (χ2n) is 13.5. The summed E-state index contributed by atoms with van der Waals surface area (Å²) in [6.07, 6.45) is -1.84. The molecule has 4 atom stereocenters. The number of carbonyl (C=O) groups excluding carboxylic acids is 4. The van der Waals surface area contributed by atoms with E-state index in [0.717, 1.165) is 21.9 Å². The number of rotatable bonds is 4. The van der Waals surface area contributed by atoms with Crippen LogP contribution in [0.5, 0.6) is 0 Å². The molecule has 10 nitrogen and oxygen atoms in total. The molecule has 2 unspecified atom stereocenters. The maximum Gasteiger partial charge on any atom is 0.410 e. The lowest BCUT2D eigenvalue weighted by molar-refractivity contribution is -0.122. The van der Waals surface area contributed by atoms with E-state index >= 15 is 0 Å². The van der Waals surface area contributed by atoms with Gasteiger partial charge in [-0.1, -0.05) is 7.43 Å².